The van der Waals surface area contributed by atoms with Gasteiger partial charge in [-0.25, -0.2) is 4.79 Å². The minimum atomic E-state index is -0.966. The molecule has 0 saturated carbocycles. The van der Waals surface area contributed by atoms with Crippen LogP contribution < -0.4 is 4.90 Å². The zero-order valence-electron chi connectivity index (χ0n) is 12.2. The van der Waals surface area contributed by atoms with Gasteiger partial charge < -0.3 is 14.7 Å². The molecule has 1 atom stereocenters. The maximum absolute atomic E-state index is 11.5. The number of aromatic nitrogens is 2. The predicted molar refractivity (Wildman–Crippen MR) is 75.3 cm³/mol. The number of nitrogens with zero attached hydrogens (tertiary/aromatic N) is 3. The van der Waals surface area contributed by atoms with E-state index < -0.39 is 5.97 Å². The molecule has 1 N–H and O–H groups in total. The molecule has 1 fully saturated rings. The molecule has 2 rings (SSSR count). The van der Waals surface area contributed by atoms with Crippen LogP contribution >= 0.6 is 0 Å². The average molecular weight is 279 g/mol. The highest BCUT2D eigenvalue weighted by molar-refractivity contribution is 5.95. The molecule has 1 saturated heterocycles. The van der Waals surface area contributed by atoms with Crippen molar-refractivity contribution >= 4 is 11.8 Å². The van der Waals surface area contributed by atoms with E-state index in [9.17, 15) is 9.90 Å². The molecule has 1 aliphatic heterocycles. The molecule has 0 bridgehead atoms. The van der Waals surface area contributed by atoms with Crippen LogP contribution in [0.15, 0.2) is 0 Å². The summed E-state index contributed by atoms with van der Waals surface area (Å²) < 4.78 is 5.69. The van der Waals surface area contributed by atoms with Crippen molar-refractivity contribution in [2.75, 3.05) is 25.1 Å². The fourth-order valence-electron chi connectivity index (χ4n) is 2.46. The molecule has 110 valence electrons. The first-order chi connectivity index (χ1) is 9.50. The molecular formula is C14H21N3O3. The Kier molecular flexibility index (Phi) is 4.54. The Bertz CT molecular complexity index is 499. The largest absolute Gasteiger partial charge is 0.478 e. The fraction of sp³-hybridized carbons (Fsp3) is 0.643. The van der Waals surface area contributed by atoms with Crippen molar-refractivity contribution in [1.82, 2.24) is 10.2 Å². The number of carbonyl (C=O) groups is 1. The lowest BCUT2D eigenvalue weighted by Gasteiger charge is -2.28. The van der Waals surface area contributed by atoms with Gasteiger partial charge >= 0.3 is 5.97 Å². The normalized spacial score (nSPS) is 18.9. The highest BCUT2D eigenvalue weighted by Crippen LogP contribution is 2.23. The van der Waals surface area contributed by atoms with E-state index in [0.29, 0.717) is 23.6 Å². The number of carboxylic acids is 1. The van der Waals surface area contributed by atoms with Crippen LogP contribution in [-0.2, 0) is 4.74 Å². The molecule has 2 heterocycles. The summed E-state index contributed by atoms with van der Waals surface area (Å²) in [5.41, 5.74) is 1.54. The smallest absolute Gasteiger partial charge is 0.339 e. The van der Waals surface area contributed by atoms with Crippen LogP contribution in [0.25, 0.3) is 0 Å². The summed E-state index contributed by atoms with van der Waals surface area (Å²) in [4.78, 5) is 13.3. The molecule has 1 aliphatic rings. The van der Waals surface area contributed by atoms with E-state index in [0.717, 1.165) is 25.9 Å². The van der Waals surface area contributed by atoms with Crippen molar-refractivity contribution in [3.05, 3.63) is 16.8 Å². The highest BCUT2D eigenvalue weighted by Gasteiger charge is 2.23. The molecule has 0 aromatic carbocycles. The van der Waals surface area contributed by atoms with Crippen LogP contribution in [0.1, 0.15) is 40.9 Å². The lowest BCUT2D eigenvalue weighted by molar-refractivity contribution is 0.0214. The average Bonchev–Trinajstić information content (AvgIpc) is 2.42. The van der Waals surface area contributed by atoms with Crippen LogP contribution in [-0.4, -0.2) is 47.6 Å². The van der Waals surface area contributed by atoms with Crippen molar-refractivity contribution in [2.45, 2.75) is 39.2 Å². The van der Waals surface area contributed by atoms with E-state index >= 15 is 0 Å². The molecule has 0 aliphatic carbocycles. The van der Waals surface area contributed by atoms with Crippen LogP contribution in [0, 0.1) is 13.8 Å². The second-order valence-corrected chi connectivity index (χ2v) is 5.28. The third-order valence-corrected chi connectivity index (χ3v) is 3.76. The van der Waals surface area contributed by atoms with Crippen LogP contribution in [0.4, 0.5) is 5.82 Å². The summed E-state index contributed by atoms with van der Waals surface area (Å²) in [5, 5.41) is 17.5. The lowest BCUT2D eigenvalue weighted by atomic mass is 10.1. The first-order valence-corrected chi connectivity index (χ1v) is 6.90. The molecule has 1 aromatic rings. The van der Waals surface area contributed by atoms with E-state index in [1.54, 1.807) is 13.8 Å². The molecular weight excluding hydrogens is 258 g/mol. The van der Waals surface area contributed by atoms with Gasteiger partial charge in [-0.3, -0.25) is 0 Å². The van der Waals surface area contributed by atoms with Crippen LogP contribution in [0.2, 0.25) is 0 Å². The number of ether oxygens (including phenoxy) is 1. The maximum atomic E-state index is 11.5. The van der Waals surface area contributed by atoms with Gasteiger partial charge in [0.15, 0.2) is 5.82 Å². The molecule has 0 amide bonds. The molecule has 6 heteroatoms. The standard InChI is InChI=1S/C14H21N3O3/c1-9-10(2)15-16-13(12(9)14(18)19)17(3)8-11-6-4-5-7-20-11/h11H,4-8H2,1-3H3,(H,18,19). The number of rotatable bonds is 4. The van der Waals surface area contributed by atoms with Crippen LogP contribution in [0.5, 0.6) is 0 Å². The van der Waals surface area contributed by atoms with Gasteiger partial charge in [0.2, 0.25) is 0 Å². The molecule has 0 radical (unpaired) electrons. The van der Waals surface area contributed by atoms with Gasteiger partial charge in [0.25, 0.3) is 0 Å². The quantitative estimate of drug-likeness (QED) is 0.905. The van der Waals surface area contributed by atoms with Crippen molar-refractivity contribution < 1.29 is 14.6 Å². The minimum Gasteiger partial charge on any atom is -0.478 e. The van der Waals surface area contributed by atoms with Gasteiger partial charge in [0, 0.05) is 20.2 Å². The molecule has 1 unspecified atom stereocenters. The summed E-state index contributed by atoms with van der Waals surface area (Å²) in [7, 11) is 1.84. The summed E-state index contributed by atoms with van der Waals surface area (Å²) in [6.45, 7) is 4.95. The zero-order chi connectivity index (χ0) is 14.7. The first-order valence-electron chi connectivity index (χ1n) is 6.90. The van der Waals surface area contributed by atoms with E-state index in [-0.39, 0.29) is 11.7 Å². The van der Waals surface area contributed by atoms with Gasteiger partial charge in [-0.2, -0.15) is 5.10 Å². The Balaban J connectivity index is 2.22. The van der Waals surface area contributed by atoms with E-state index in [2.05, 4.69) is 10.2 Å². The first kappa shape index (κ1) is 14.7. The number of aromatic carboxylic acids is 1. The lowest BCUT2D eigenvalue weighted by Crippen LogP contribution is -2.35. The Morgan fingerprint density at radius 2 is 2.15 bits per heavy atom. The SMILES string of the molecule is Cc1nnc(N(C)CC2CCCCO2)c(C(=O)O)c1C. The second kappa shape index (κ2) is 6.17. The van der Waals surface area contributed by atoms with Crippen molar-refractivity contribution in [1.29, 1.82) is 0 Å². The number of aryl methyl sites for hydroxylation is 1. The topological polar surface area (TPSA) is 75.5 Å². The molecule has 0 spiro atoms. The van der Waals surface area contributed by atoms with Crippen molar-refractivity contribution in [2.24, 2.45) is 0 Å². The Morgan fingerprint density at radius 1 is 1.40 bits per heavy atom. The molecule has 6 nitrogen and oxygen atoms in total. The van der Waals surface area contributed by atoms with Gasteiger partial charge in [-0.15, -0.1) is 5.10 Å². The van der Waals surface area contributed by atoms with E-state index in [4.69, 9.17) is 4.74 Å². The Hall–Kier alpha value is -1.69. The summed E-state index contributed by atoms with van der Waals surface area (Å²) in [6.07, 6.45) is 3.40. The number of anilines is 1. The van der Waals surface area contributed by atoms with Gasteiger partial charge in [0.1, 0.15) is 5.56 Å². The fourth-order valence-corrected chi connectivity index (χ4v) is 2.46. The van der Waals surface area contributed by atoms with Gasteiger partial charge in [-0.05, 0) is 38.7 Å². The summed E-state index contributed by atoms with van der Waals surface area (Å²) >= 11 is 0. The number of carboxylic acid groups (broad SMARTS) is 1. The zero-order valence-corrected chi connectivity index (χ0v) is 12.2. The Morgan fingerprint density at radius 3 is 2.75 bits per heavy atom. The summed E-state index contributed by atoms with van der Waals surface area (Å²) in [5.74, 6) is -0.554. The third kappa shape index (κ3) is 3.07. The van der Waals surface area contributed by atoms with Crippen molar-refractivity contribution in [3.63, 3.8) is 0 Å². The van der Waals surface area contributed by atoms with Crippen molar-refractivity contribution in [3.8, 4) is 0 Å². The summed E-state index contributed by atoms with van der Waals surface area (Å²) in [6, 6.07) is 0. The van der Waals surface area contributed by atoms with Gasteiger partial charge in [0.05, 0.1) is 11.8 Å². The molecule has 1 aromatic heterocycles. The maximum Gasteiger partial charge on any atom is 0.339 e. The molecule has 20 heavy (non-hydrogen) atoms. The van der Waals surface area contributed by atoms with Crippen LogP contribution in [0.3, 0.4) is 0 Å². The second-order valence-electron chi connectivity index (χ2n) is 5.28. The number of likely N-dealkylation sites (N-methyl/N-ethyl adjacent to an activating group) is 1. The Labute approximate surface area is 118 Å². The third-order valence-electron chi connectivity index (χ3n) is 3.76. The van der Waals surface area contributed by atoms with E-state index in [1.807, 2.05) is 11.9 Å². The number of hydrogen-bond acceptors (Lipinski definition) is 5. The number of hydrogen-bond donors (Lipinski definition) is 1. The van der Waals surface area contributed by atoms with Gasteiger partial charge in [-0.1, -0.05) is 0 Å². The highest BCUT2D eigenvalue weighted by atomic mass is 16.5. The predicted octanol–water partition coefficient (Wildman–Crippen LogP) is 1.80. The van der Waals surface area contributed by atoms with E-state index in [1.165, 1.54) is 0 Å². The monoisotopic (exact) mass is 279 g/mol. The minimum absolute atomic E-state index is 0.138.